The summed E-state index contributed by atoms with van der Waals surface area (Å²) in [4.78, 5) is 23.2. The molecule has 0 aromatic heterocycles. The predicted molar refractivity (Wildman–Crippen MR) is 96.9 cm³/mol. The van der Waals surface area contributed by atoms with Crippen LogP contribution in [0.3, 0.4) is 0 Å². The number of ether oxygens (including phenoxy) is 1. The number of amides is 1. The van der Waals surface area contributed by atoms with Gasteiger partial charge in [-0.25, -0.2) is 13.1 Å². The third kappa shape index (κ3) is 8.41. The Labute approximate surface area is 154 Å². The smallest absolute Gasteiger partial charge is 0.325 e. The van der Waals surface area contributed by atoms with E-state index >= 15 is 0 Å². The van der Waals surface area contributed by atoms with E-state index in [0.717, 1.165) is 0 Å². The van der Waals surface area contributed by atoms with E-state index in [9.17, 15) is 18.0 Å². The molecule has 0 aliphatic carbocycles. The molecule has 0 radical (unpaired) electrons. The van der Waals surface area contributed by atoms with Gasteiger partial charge in [0.2, 0.25) is 15.9 Å². The molecule has 0 aliphatic heterocycles. The van der Waals surface area contributed by atoms with Crippen molar-refractivity contribution in [1.29, 1.82) is 0 Å². The van der Waals surface area contributed by atoms with Crippen molar-refractivity contribution in [3.8, 4) is 0 Å². The molecule has 1 rings (SSSR count). The van der Waals surface area contributed by atoms with E-state index in [2.05, 4.69) is 10.0 Å². The number of benzene rings is 1. The van der Waals surface area contributed by atoms with Gasteiger partial charge >= 0.3 is 5.97 Å². The third-order valence-corrected chi connectivity index (χ3v) is 4.61. The van der Waals surface area contributed by atoms with E-state index in [-0.39, 0.29) is 12.4 Å². The van der Waals surface area contributed by atoms with Crippen molar-refractivity contribution >= 4 is 21.9 Å². The summed E-state index contributed by atoms with van der Waals surface area (Å²) >= 11 is 0. The van der Waals surface area contributed by atoms with Crippen molar-refractivity contribution in [1.82, 2.24) is 10.0 Å². The second-order valence-corrected chi connectivity index (χ2v) is 8.66. The molecular weight excluding hydrogens is 360 g/mol. The highest BCUT2D eigenvalue weighted by Crippen LogP contribution is 2.09. The zero-order valence-corrected chi connectivity index (χ0v) is 16.2. The molecule has 9 heteroatoms. The molecule has 146 valence electrons. The molecule has 1 aromatic rings. The maximum Gasteiger partial charge on any atom is 0.325 e. The van der Waals surface area contributed by atoms with Crippen molar-refractivity contribution in [2.45, 2.75) is 51.1 Å². The van der Waals surface area contributed by atoms with Gasteiger partial charge in [0.25, 0.3) is 0 Å². The molecule has 26 heavy (non-hydrogen) atoms. The lowest BCUT2D eigenvalue weighted by molar-refractivity contribution is -0.142. The monoisotopic (exact) mass is 386 g/mol. The Kier molecular flexibility index (Phi) is 7.73. The molecule has 0 heterocycles. The van der Waals surface area contributed by atoms with Gasteiger partial charge in [-0.2, -0.15) is 0 Å². The number of sulfonamides is 1. The van der Waals surface area contributed by atoms with Gasteiger partial charge in [-0.05, 0) is 33.3 Å². The van der Waals surface area contributed by atoms with E-state index in [0.29, 0.717) is 5.56 Å². The average molecular weight is 386 g/mol. The summed E-state index contributed by atoms with van der Waals surface area (Å²) < 4.78 is 32.6. The zero-order chi connectivity index (χ0) is 20.0. The lowest BCUT2D eigenvalue weighted by Gasteiger charge is -2.25. The fourth-order valence-electron chi connectivity index (χ4n) is 1.92. The van der Waals surface area contributed by atoms with Gasteiger partial charge in [-0.15, -0.1) is 0 Å². The molecule has 1 aromatic carbocycles. The highest BCUT2D eigenvalue weighted by Gasteiger charge is 2.28. The summed E-state index contributed by atoms with van der Waals surface area (Å²) in [7, 11) is -3.84. The van der Waals surface area contributed by atoms with Crippen molar-refractivity contribution in [2.75, 3.05) is 6.61 Å². The predicted octanol–water partition coefficient (Wildman–Crippen LogP) is 0.879. The molecule has 2 atom stereocenters. The number of aliphatic carboxylic acids is 1. The quantitative estimate of drug-likeness (QED) is 0.579. The zero-order valence-electron chi connectivity index (χ0n) is 15.4. The normalized spacial score (nSPS) is 14.5. The topological polar surface area (TPSA) is 122 Å². The molecule has 3 N–H and O–H groups in total. The Morgan fingerprint density at radius 1 is 1.19 bits per heavy atom. The summed E-state index contributed by atoms with van der Waals surface area (Å²) in [5, 5.41) is 11.2. The maximum atomic E-state index is 12.4. The van der Waals surface area contributed by atoms with E-state index in [1.54, 1.807) is 51.1 Å². The van der Waals surface area contributed by atoms with Crippen LogP contribution in [0.1, 0.15) is 33.3 Å². The van der Waals surface area contributed by atoms with E-state index in [1.807, 2.05) is 0 Å². The Bertz CT molecular complexity index is 713. The standard InChI is InChI=1S/C17H26N2O6S/c1-12(16(21)22)18-15(20)14(10-25-17(2,3)4)19-26(23,24)11-13-8-6-5-7-9-13/h5-9,12,14,19H,10-11H2,1-4H3,(H,18,20)(H,21,22)/t12-,14?/m0/s1. The summed E-state index contributed by atoms with van der Waals surface area (Å²) in [5.41, 5.74) is -0.0308. The molecule has 0 saturated carbocycles. The lowest BCUT2D eigenvalue weighted by Crippen LogP contribution is -2.53. The molecule has 0 fully saturated rings. The summed E-state index contributed by atoms with van der Waals surface area (Å²) in [6.45, 7) is 6.36. The molecule has 1 amide bonds. The van der Waals surface area contributed by atoms with Gasteiger partial charge in [0, 0.05) is 0 Å². The highest BCUT2D eigenvalue weighted by molar-refractivity contribution is 7.88. The number of carbonyl (C=O) groups is 2. The van der Waals surface area contributed by atoms with Gasteiger partial charge in [-0.1, -0.05) is 30.3 Å². The first-order chi connectivity index (χ1) is 11.9. The summed E-state index contributed by atoms with van der Waals surface area (Å²) in [6.07, 6.45) is 0. The number of rotatable bonds is 9. The summed E-state index contributed by atoms with van der Waals surface area (Å²) in [5.74, 6) is -2.29. The molecular formula is C17H26N2O6S. The van der Waals surface area contributed by atoms with E-state index < -0.39 is 39.6 Å². The molecule has 1 unspecified atom stereocenters. The minimum Gasteiger partial charge on any atom is -0.480 e. The minimum absolute atomic E-state index is 0.226. The number of carbonyl (C=O) groups excluding carboxylic acids is 1. The maximum absolute atomic E-state index is 12.4. The van der Waals surface area contributed by atoms with Crippen LogP contribution in [0.4, 0.5) is 0 Å². The van der Waals surface area contributed by atoms with Gasteiger partial charge in [-0.3, -0.25) is 9.59 Å². The van der Waals surface area contributed by atoms with E-state index in [1.165, 1.54) is 6.92 Å². The number of hydrogen-bond donors (Lipinski definition) is 3. The highest BCUT2D eigenvalue weighted by atomic mass is 32.2. The van der Waals surface area contributed by atoms with Crippen LogP contribution in [0, 0.1) is 0 Å². The average Bonchev–Trinajstić information content (AvgIpc) is 2.50. The number of hydrogen-bond acceptors (Lipinski definition) is 5. The van der Waals surface area contributed by atoms with Crippen LogP contribution in [-0.4, -0.2) is 49.7 Å². The van der Waals surface area contributed by atoms with E-state index in [4.69, 9.17) is 9.84 Å². The Morgan fingerprint density at radius 2 is 1.77 bits per heavy atom. The second kappa shape index (κ2) is 9.11. The molecule has 0 spiro atoms. The van der Waals surface area contributed by atoms with Crippen molar-refractivity contribution in [3.63, 3.8) is 0 Å². The van der Waals surface area contributed by atoms with Crippen LogP contribution in [0.25, 0.3) is 0 Å². The van der Waals surface area contributed by atoms with Gasteiger partial charge in [0.15, 0.2) is 0 Å². The van der Waals surface area contributed by atoms with Crippen molar-refractivity contribution < 1.29 is 27.9 Å². The van der Waals surface area contributed by atoms with Crippen LogP contribution in [0.2, 0.25) is 0 Å². The largest absolute Gasteiger partial charge is 0.480 e. The fourth-order valence-corrected chi connectivity index (χ4v) is 3.25. The molecule has 8 nitrogen and oxygen atoms in total. The van der Waals surface area contributed by atoms with Crippen LogP contribution >= 0.6 is 0 Å². The van der Waals surface area contributed by atoms with Gasteiger partial charge < -0.3 is 15.2 Å². The van der Waals surface area contributed by atoms with Crippen LogP contribution in [0.5, 0.6) is 0 Å². The second-order valence-electron chi connectivity index (χ2n) is 6.91. The number of carboxylic acids is 1. The molecule has 0 bridgehead atoms. The van der Waals surface area contributed by atoms with Crippen molar-refractivity contribution in [2.24, 2.45) is 0 Å². The third-order valence-electron chi connectivity index (χ3n) is 3.25. The lowest BCUT2D eigenvalue weighted by atomic mass is 10.2. The first-order valence-corrected chi connectivity index (χ1v) is 9.76. The van der Waals surface area contributed by atoms with Crippen LogP contribution in [0.15, 0.2) is 30.3 Å². The molecule has 0 saturated heterocycles. The van der Waals surface area contributed by atoms with Crippen LogP contribution in [-0.2, 0) is 30.1 Å². The first kappa shape index (κ1) is 22.1. The Hall–Kier alpha value is -1.97. The number of carboxylic acid groups (broad SMARTS) is 1. The molecule has 0 aliphatic rings. The number of nitrogens with one attached hydrogen (secondary N) is 2. The van der Waals surface area contributed by atoms with Crippen LogP contribution < -0.4 is 10.0 Å². The Morgan fingerprint density at radius 3 is 2.27 bits per heavy atom. The van der Waals surface area contributed by atoms with Gasteiger partial charge in [0.1, 0.15) is 12.1 Å². The first-order valence-electron chi connectivity index (χ1n) is 8.11. The Balaban J connectivity index is 2.89. The SMILES string of the molecule is C[C@H](NC(=O)C(COC(C)(C)C)NS(=O)(=O)Cc1ccccc1)C(=O)O. The van der Waals surface area contributed by atoms with Crippen molar-refractivity contribution in [3.05, 3.63) is 35.9 Å². The summed E-state index contributed by atoms with van der Waals surface area (Å²) in [6, 6.07) is 6.12. The van der Waals surface area contributed by atoms with Gasteiger partial charge in [0.05, 0.1) is 18.0 Å². The minimum atomic E-state index is -3.84. The fraction of sp³-hybridized carbons (Fsp3) is 0.529.